The van der Waals surface area contributed by atoms with Crippen LogP contribution in [0.1, 0.15) is 114 Å². The van der Waals surface area contributed by atoms with Crippen molar-refractivity contribution in [2.75, 3.05) is 339 Å². The van der Waals surface area contributed by atoms with Gasteiger partial charge in [-0.05, 0) is 61.8 Å². The first-order valence-electron chi connectivity index (χ1n) is 49.5. The number of hydrogen-bond acceptors (Lipinski definition) is 47. The van der Waals surface area contributed by atoms with E-state index in [9.17, 15) is 10.2 Å². The smallest absolute Gasteiger partial charge is 0.0717 e. The summed E-state index contributed by atoms with van der Waals surface area (Å²) in [6, 6.07) is 0. The van der Waals surface area contributed by atoms with Crippen molar-refractivity contribution in [2.45, 2.75) is 130 Å². The molecule has 6 N–H and O–H groups in total. The molecule has 0 amide bonds. The molecule has 9 aliphatic rings. The molecule has 0 fully saturated rings. The lowest BCUT2D eigenvalue weighted by Gasteiger charge is -2.30. The Morgan fingerprint density at radius 3 is 0.450 bits per heavy atom. The van der Waals surface area contributed by atoms with E-state index in [-0.39, 0.29) is 26.4 Å². The molecule has 51 heteroatoms. The molecule has 9 aliphatic heterocycles. The highest BCUT2D eigenvalue weighted by Crippen LogP contribution is 2.74. The molecule has 838 valence electrons. The van der Waals surface area contributed by atoms with Crippen LogP contribution < -0.4 is 0 Å². The molecule has 0 spiro atoms. The number of thioether (sulfide) groups is 24. The van der Waals surface area contributed by atoms with Gasteiger partial charge in [0, 0.05) is 195 Å². The molecular formula is C98H144N4O23S24. The van der Waals surface area contributed by atoms with Crippen LogP contribution in [0.25, 0.3) is 0 Å². The van der Waals surface area contributed by atoms with Crippen LogP contribution in [0.15, 0.2) is 107 Å². The predicted molar refractivity (Wildman–Crippen MR) is 652 cm³/mol. The number of ether oxygens (including phenoxy) is 21. The molecular weight excluding hydrogens is 2370 g/mol. The van der Waals surface area contributed by atoms with Gasteiger partial charge in [-0.15, -0.1) is 94.1 Å². The van der Waals surface area contributed by atoms with Crippen LogP contribution in [0.5, 0.6) is 0 Å². The predicted octanol–water partition coefficient (Wildman–Crippen LogP) is 25.1. The fourth-order valence-electron chi connectivity index (χ4n) is 15.1. The molecule has 27 nitrogen and oxygen atoms in total. The van der Waals surface area contributed by atoms with E-state index in [0.717, 1.165) is 76.1 Å². The van der Waals surface area contributed by atoms with E-state index in [2.05, 4.69) is 82.2 Å². The molecule has 0 saturated heterocycles. The van der Waals surface area contributed by atoms with Crippen LogP contribution in [0.2, 0.25) is 0 Å². The van der Waals surface area contributed by atoms with Gasteiger partial charge in [-0.1, -0.05) is 195 Å². The van der Waals surface area contributed by atoms with E-state index in [1.165, 1.54) is 135 Å². The van der Waals surface area contributed by atoms with Crippen LogP contribution in [0.3, 0.4) is 0 Å². The van der Waals surface area contributed by atoms with Crippen molar-refractivity contribution in [3.8, 4) is 0 Å². The third-order valence-corrected chi connectivity index (χ3v) is 57.1. The second kappa shape index (κ2) is 69.8. The summed E-state index contributed by atoms with van der Waals surface area (Å²) < 4.78 is 142. The number of H-pyrrole nitrogens is 4. The Morgan fingerprint density at radius 2 is 0.309 bits per heavy atom. The molecule has 4 aromatic heterocycles. The van der Waals surface area contributed by atoms with Crippen molar-refractivity contribution in [3.05, 3.63) is 113 Å². The van der Waals surface area contributed by atoms with Gasteiger partial charge in [0.2, 0.25) is 0 Å². The fraction of sp³-hybridized carbons (Fsp3) is 0.673. The molecule has 149 heavy (non-hydrogen) atoms. The quantitative estimate of drug-likeness (QED) is 0.0224. The van der Waals surface area contributed by atoms with Gasteiger partial charge in [0.25, 0.3) is 0 Å². The first kappa shape index (κ1) is 128. The van der Waals surface area contributed by atoms with E-state index in [1.807, 2.05) is 282 Å². The number of aromatic amines is 4. The highest BCUT2D eigenvalue weighted by atomic mass is 32.3. The zero-order valence-electron chi connectivity index (χ0n) is 87.2. The number of aliphatic hydroxyl groups excluding tert-OH is 2. The third-order valence-electron chi connectivity index (χ3n) is 22.7. The van der Waals surface area contributed by atoms with E-state index in [0.29, 0.717) is 225 Å². The zero-order valence-corrected chi connectivity index (χ0v) is 107. The monoisotopic (exact) mass is 2510 g/mol. The van der Waals surface area contributed by atoms with Gasteiger partial charge in [-0.2, -0.15) is 0 Å². The molecule has 0 aliphatic carbocycles. The lowest BCUT2D eigenvalue weighted by Crippen LogP contribution is -2.27. The summed E-state index contributed by atoms with van der Waals surface area (Å²) in [6.07, 6.45) is 0.975. The SMILES string of the molecule is CCCOCCOCCSC1=C(SCCOCCOCCOC)SC(=C2Sc3c4[nH]c(c3S2)C(C)(C)c2[nH]c(c3c2SC(=C2SC(SCCOCCOCCOC)=C(SCCOCCOCCOC)S2)S3)C(C)(C)c2[nH]c(c3c2SC(=C2SC(SCCOCCOCCOC)=C(SCCOCCOCCOC)S2)S3)C(C)(C)c2[nH]c(c3c2SC(=C2SC(SCCOCCOCCO)=C(SCCOCCOCCO)S2)S3)C4(C)C)S1. The fourth-order valence-corrected chi connectivity index (χ4v) is 51.1. The number of fused-ring (bicyclic) bond motifs is 20. The summed E-state index contributed by atoms with van der Waals surface area (Å²) in [5.41, 5.74) is 6.60. The topological polar surface area (TPSA) is 297 Å². The molecule has 0 unspecified atom stereocenters. The Balaban J connectivity index is 0.926. The standard InChI is InChI=1S/C98H144N4O23S24/c1-15-18-110-31-39-118-47-55-126-79-82(129-58-50-121-42-34-113-26-21-105-10)145-91(142-79)87-134-63-64(135-87)72-96(4,5)75-67-69(140-89(138-67)93-146-83(130-59-51-122-43-35-114-27-22-106-11)84(147-93)131-60-52-123-44-36-115-28-23-107-12)77(101-75)98(8,9)78-70-68(139-90(141-70)94-148-85(132-61-53-124-45-37-116-29-24-108-13)86(149-94)133-62-54-125-46-38-117-30-25-109-14)76(102-78)97(6,7)74-66-65(73(100-74)95(2,3)71(63)99-72)136-88(137-66)92-143-80(127-56-48-119-40-32-111-19-16-103)81(144-92)128-57-49-120-41-33-112-20-17-104/h99-104H,15-62H2,1-14H3. The van der Waals surface area contributed by atoms with Crippen LogP contribution in [0.4, 0.5) is 0 Å². The second-order valence-corrected chi connectivity index (χ2v) is 64.2. The number of aromatic nitrogens is 4. The second-order valence-electron chi connectivity index (χ2n) is 34.9. The highest BCUT2D eigenvalue weighted by Gasteiger charge is 2.52. The minimum absolute atomic E-state index is 0.0244. The minimum Gasteiger partial charge on any atom is -0.394 e. The largest absolute Gasteiger partial charge is 0.394 e. The Hall–Kier alpha value is 2.52. The maximum atomic E-state index is 9.41. The lowest BCUT2D eigenvalue weighted by molar-refractivity contribution is 0.0286. The van der Waals surface area contributed by atoms with Gasteiger partial charge < -0.3 is 130 Å². The molecule has 0 saturated carbocycles. The average Bonchev–Trinajstić information content (AvgIpc) is 1.53. The van der Waals surface area contributed by atoms with Gasteiger partial charge in [0.1, 0.15) is 0 Å². The Bertz CT molecular complexity index is 4520. The first-order valence-corrected chi connectivity index (χ1v) is 70.5. The summed E-state index contributed by atoms with van der Waals surface area (Å²) in [5, 5.41) is 18.8. The van der Waals surface area contributed by atoms with Crippen LogP contribution >= 0.6 is 282 Å². The van der Waals surface area contributed by atoms with E-state index in [4.69, 9.17) is 99.5 Å². The lowest BCUT2D eigenvalue weighted by atomic mass is 9.85. The summed E-state index contributed by atoms with van der Waals surface area (Å²) in [6.45, 7) is 41.1. The molecule has 13 heterocycles. The van der Waals surface area contributed by atoms with Gasteiger partial charge >= 0.3 is 0 Å². The molecule has 0 radical (unpaired) electrons. The zero-order chi connectivity index (χ0) is 105. The van der Waals surface area contributed by atoms with Crippen molar-refractivity contribution in [3.63, 3.8) is 0 Å². The van der Waals surface area contributed by atoms with Crippen molar-refractivity contribution in [2.24, 2.45) is 0 Å². The third kappa shape index (κ3) is 38.0. The van der Waals surface area contributed by atoms with Crippen molar-refractivity contribution in [1.29, 1.82) is 0 Å². The van der Waals surface area contributed by atoms with E-state index < -0.39 is 21.7 Å². The van der Waals surface area contributed by atoms with E-state index in [1.54, 1.807) is 35.5 Å². The first-order chi connectivity index (χ1) is 72.7. The normalized spacial score (nSPS) is 18.2. The summed E-state index contributed by atoms with van der Waals surface area (Å²) in [7, 11) is 8.46. The van der Waals surface area contributed by atoms with Crippen LogP contribution in [-0.4, -0.2) is 369 Å². The van der Waals surface area contributed by atoms with Crippen molar-refractivity contribution in [1.82, 2.24) is 19.9 Å². The van der Waals surface area contributed by atoms with Crippen LogP contribution in [0, 0.1) is 0 Å². The summed E-state index contributed by atoms with van der Waals surface area (Å²) in [4.78, 5) is 27.9. The van der Waals surface area contributed by atoms with Crippen LogP contribution in [-0.2, 0) is 121 Å². The summed E-state index contributed by atoms with van der Waals surface area (Å²) in [5.74, 6) is 6.26. The maximum absolute atomic E-state index is 9.41. The molecule has 8 bridgehead atoms. The number of nitrogens with one attached hydrogen (secondary N) is 4. The average molecular weight is 2520 g/mol. The molecule has 4 aromatic rings. The molecule has 0 aromatic carbocycles. The minimum atomic E-state index is -0.685. The number of aliphatic hydroxyl groups is 2. The Morgan fingerprint density at radius 1 is 0.181 bits per heavy atom. The number of hydrogen-bond donors (Lipinski definition) is 6. The van der Waals surface area contributed by atoms with Crippen molar-refractivity contribution < 1.29 is 110 Å². The maximum Gasteiger partial charge on any atom is 0.0717 e. The van der Waals surface area contributed by atoms with E-state index >= 15 is 0 Å². The Kier molecular flexibility index (Phi) is 60.2. The molecule has 0 atom stereocenters. The molecule has 13 rings (SSSR count). The van der Waals surface area contributed by atoms with Crippen molar-refractivity contribution >= 4 is 282 Å². The van der Waals surface area contributed by atoms with Gasteiger partial charge in [0.05, 0.1) is 319 Å². The number of methoxy groups -OCH3 is 5. The Labute approximate surface area is 983 Å². The number of rotatable bonds is 77. The van der Waals surface area contributed by atoms with Gasteiger partial charge in [-0.25, -0.2) is 0 Å². The highest BCUT2D eigenvalue weighted by molar-refractivity contribution is 8.45. The van der Waals surface area contributed by atoms with Gasteiger partial charge in [-0.3, -0.25) is 0 Å². The summed E-state index contributed by atoms with van der Waals surface area (Å²) >= 11 is 45.5. The van der Waals surface area contributed by atoms with Gasteiger partial charge in [0.15, 0.2) is 0 Å².